The molecule has 0 radical (unpaired) electrons. The Bertz CT molecular complexity index is 2110. The number of nitrogens with zero attached hydrogens (tertiary/aromatic N) is 2. The van der Waals surface area contributed by atoms with Crippen LogP contribution in [-0.2, 0) is 9.31 Å². The van der Waals surface area contributed by atoms with Crippen molar-refractivity contribution in [1.82, 2.24) is 20.6 Å². The van der Waals surface area contributed by atoms with E-state index in [0.29, 0.717) is 33.0 Å². The molecule has 2 aromatic heterocycles. The zero-order chi connectivity index (χ0) is 43.6. The summed E-state index contributed by atoms with van der Waals surface area (Å²) < 4.78 is 13.4. The zero-order valence-corrected chi connectivity index (χ0v) is 39.1. The second-order valence-corrected chi connectivity index (χ2v) is 18.7. The van der Waals surface area contributed by atoms with E-state index in [1.165, 1.54) is 27.7 Å². The second kappa shape index (κ2) is 21.3. The molecule has 8 nitrogen and oxygen atoms in total. The zero-order valence-electron chi connectivity index (χ0n) is 36.0. The van der Waals surface area contributed by atoms with Gasteiger partial charge in [-0.15, -0.1) is 0 Å². The lowest BCUT2D eigenvalue weighted by atomic mass is 9.76. The molecule has 12 heteroatoms. The van der Waals surface area contributed by atoms with Crippen molar-refractivity contribution in [3.63, 3.8) is 0 Å². The summed E-state index contributed by atoms with van der Waals surface area (Å²) in [6, 6.07) is 18.5. The summed E-state index contributed by atoms with van der Waals surface area (Å²) in [6.07, 6.45) is 17.5. The maximum Gasteiger partial charge on any atom is 0.490 e. The van der Waals surface area contributed by atoms with E-state index in [0.717, 1.165) is 43.0 Å². The van der Waals surface area contributed by atoms with Gasteiger partial charge in [0.15, 0.2) is 0 Å². The number of hydrogen-bond donors (Lipinski definition) is 2. The average Bonchev–Trinajstić information content (AvgIpc) is 3.95. The van der Waals surface area contributed by atoms with Gasteiger partial charge in [-0.25, -0.2) is 0 Å². The number of hydrogen-bond acceptors (Lipinski definition) is 6. The molecule has 2 aromatic carbocycles. The summed E-state index contributed by atoms with van der Waals surface area (Å²) in [5.41, 5.74) is 6.70. The minimum atomic E-state index is -0.330. The number of allylic oxidation sites excluding steroid dienone is 4. The molecular formula is C48H58BBrCl2N4O4. The summed E-state index contributed by atoms with van der Waals surface area (Å²) in [7, 11) is -0.288. The van der Waals surface area contributed by atoms with Crippen molar-refractivity contribution in [3.8, 4) is 0 Å². The molecule has 7 rings (SSSR count). The molecule has 1 saturated heterocycles. The molecule has 1 fully saturated rings. The van der Waals surface area contributed by atoms with Gasteiger partial charge in [0.05, 0.1) is 11.2 Å². The molecule has 3 heterocycles. The van der Waals surface area contributed by atoms with Gasteiger partial charge in [-0.2, -0.15) is 0 Å². The lowest BCUT2D eigenvalue weighted by Gasteiger charge is -2.32. The molecule has 0 saturated carbocycles. The molecule has 318 valence electrons. The highest BCUT2D eigenvalue weighted by Gasteiger charge is 2.53. The molecule has 2 unspecified atom stereocenters. The molecule has 4 aromatic rings. The number of amides is 2. The van der Waals surface area contributed by atoms with Crippen LogP contribution in [0.25, 0.3) is 5.57 Å². The van der Waals surface area contributed by atoms with Gasteiger partial charge in [0.1, 0.15) is 0 Å². The van der Waals surface area contributed by atoms with Crippen LogP contribution in [-0.4, -0.2) is 52.2 Å². The van der Waals surface area contributed by atoms with Crippen LogP contribution in [0.1, 0.15) is 117 Å². The van der Waals surface area contributed by atoms with Crippen LogP contribution in [0.5, 0.6) is 0 Å². The largest absolute Gasteiger partial charge is 0.490 e. The first-order valence-electron chi connectivity index (χ1n) is 20.8. The monoisotopic (exact) mass is 914 g/mol. The Morgan fingerprint density at radius 1 is 0.733 bits per heavy atom. The predicted molar refractivity (Wildman–Crippen MR) is 249 cm³/mol. The Labute approximate surface area is 375 Å². The number of pyridine rings is 2. The van der Waals surface area contributed by atoms with Crippen LogP contribution < -0.4 is 10.6 Å². The van der Waals surface area contributed by atoms with Gasteiger partial charge in [-0.05, 0) is 196 Å². The van der Waals surface area contributed by atoms with Crippen LogP contribution in [0.3, 0.4) is 0 Å². The summed E-state index contributed by atoms with van der Waals surface area (Å²) in [5.74, 6) is 0.703. The average molecular weight is 917 g/mol. The first-order chi connectivity index (χ1) is 28.5. The predicted octanol–water partition coefficient (Wildman–Crippen LogP) is 12.0. The van der Waals surface area contributed by atoms with Crippen molar-refractivity contribution in [2.24, 2.45) is 11.8 Å². The number of benzene rings is 2. The number of aromatic nitrogens is 2. The smallest absolute Gasteiger partial charge is 0.400 e. The maximum atomic E-state index is 12.6. The fraction of sp³-hybridized carbons (Fsp3) is 0.417. The maximum absolute atomic E-state index is 12.6. The van der Waals surface area contributed by atoms with E-state index in [2.05, 4.69) is 103 Å². The minimum Gasteiger partial charge on any atom is -0.400 e. The SMILES string of the molecule is CCC(NC(=O)c1ccc(Cl)cc1)[C@H]1CC=C(B2OC(C)(C)C(C)(C)O2)C1.CCC(NC(=O)c1ccc(Cl)cc1)[C@H]1CC=C(c2cncc(C)c2)C1.Cc1cncc(Br)c1. The summed E-state index contributed by atoms with van der Waals surface area (Å²) in [6.45, 7) is 16.6. The molecule has 0 bridgehead atoms. The van der Waals surface area contributed by atoms with E-state index in [1.54, 1.807) is 54.7 Å². The van der Waals surface area contributed by atoms with Crippen molar-refractivity contribution < 1.29 is 18.9 Å². The van der Waals surface area contributed by atoms with Gasteiger partial charge in [-0.3, -0.25) is 19.6 Å². The number of halogens is 3. The molecule has 60 heavy (non-hydrogen) atoms. The molecule has 3 aliphatic rings. The quantitative estimate of drug-likeness (QED) is 0.154. The second-order valence-electron chi connectivity index (χ2n) is 16.9. The number of rotatable bonds is 10. The third-order valence-electron chi connectivity index (χ3n) is 11.8. The lowest BCUT2D eigenvalue weighted by Crippen LogP contribution is -2.41. The highest BCUT2D eigenvalue weighted by atomic mass is 79.9. The van der Waals surface area contributed by atoms with Crippen LogP contribution in [0.2, 0.25) is 10.0 Å². The number of carbonyl (C=O) groups excluding carboxylic acids is 2. The fourth-order valence-corrected chi connectivity index (χ4v) is 8.34. The van der Waals surface area contributed by atoms with Gasteiger partial charge < -0.3 is 19.9 Å². The molecule has 4 atom stereocenters. The highest BCUT2D eigenvalue weighted by molar-refractivity contribution is 9.10. The van der Waals surface area contributed by atoms with Crippen molar-refractivity contribution >= 4 is 63.6 Å². The molecule has 2 N–H and O–H groups in total. The van der Waals surface area contributed by atoms with Gasteiger partial charge in [0.2, 0.25) is 0 Å². The van der Waals surface area contributed by atoms with Gasteiger partial charge in [0.25, 0.3) is 11.8 Å². The molecule has 2 aliphatic carbocycles. The van der Waals surface area contributed by atoms with Crippen molar-refractivity contribution in [2.75, 3.05) is 0 Å². The lowest BCUT2D eigenvalue weighted by molar-refractivity contribution is 0.00578. The van der Waals surface area contributed by atoms with Crippen LogP contribution in [0.15, 0.2) is 108 Å². The Morgan fingerprint density at radius 3 is 1.65 bits per heavy atom. The topological polar surface area (TPSA) is 102 Å². The van der Waals surface area contributed by atoms with E-state index in [-0.39, 0.29) is 42.2 Å². The first-order valence-corrected chi connectivity index (χ1v) is 22.4. The minimum absolute atomic E-state index is 0.0332. The molecular weight excluding hydrogens is 858 g/mol. The van der Waals surface area contributed by atoms with E-state index < -0.39 is 0 Å². The number of nitrogens with one attached hydrogen (secondary N) is 2. The van der Waals surface area contributed by atoms with Gasteiger partial charge in [0, 0.05) is 62.5 Å². The standard InChI is InChI=1S/C21H29BClNO3.C21H23ClN2O.C6H6BrN/c1-6-18(24-19(25)14-8-11-17(23)12-9-14)15-7-10-16(13-15)22-26-20(2,3)21(4,5)27-22;1-3-20(24-21(25)15-6-8-19(22)9-7-15)17-5-4-16(11-17)18-10-14(2)12-23-13-18;1-5-2-6(7)4-8-3-5/h8-12,15,18H,6-7,13H2,1-5H3,(H,24,25);4,6-10,12-13,17,20H,3,5,11H2,1-2H3,(H,24,25);2-4H,1H3/t15-,18?;17-,20?;/m00./s1. The Hall–Kier alpha value is -3.80. The van der Waals surface area contributed by atoms with Crippen LogP contribution in [0, 0.1) is 25.7 Å². The Balaban J connectivity index is 0.000000192. The van der Waals surface area contributed by atoms with Crippen molar-refractivity contribution in [2.45, 2.75) is 117 Å². The van der Waals surface area contributed by atoms with Crippen molar-refractivity contribution in [1.29, 1.82) is 0 Å². The molecule has 2 amide bonds. The summed E-state index contributed by atoms with van der Waals surface area (Å²) in [5, 5.41) is 7.66. The van der Waals surface area contributed by atoms with E-state index >= 15 is 0 Å². The van der Waals surface area contributed by atoms with E-state index in [4.69, 9.17) is 32.5 Å². The van der Waals surface area contributed by atoms with E-state index in [9.17, 15) is 9.59 Å². The first kappa shape index (κ1) is 47.3. The van der Waals surface area contributed by atoms with E-state index in [1.807, 2.05) is 31.6 Å². The normalized spacial score (nSPS) is 19.8. The number of aryl methyl sites for hydroxylation is 2. The fourth-order valence-electron chi connectivity index (χ4n) is 7.61. The van der Waals surface area contributed by atoms with Gasteiger partial charge >= 0.3 is 7.12 Å². The van der Waals surface area contributed by atoms with Gasteiger partial charge in [-0.1, -0.05) is 49.2 Å². The third-order valence-corrected chi connectivity index (χ3v) is 12.8. The number of carbonyl (C=O) groups is 2. The van der Waals surface area contributed by atoms with Crippen LogP contribution >= 0.6 is 39.1 Å². The third kappa shape index (κ3) is 12.9. The molecule has 1 aliphatic heterocycles. The summed E-state index contributed by atoms with van der Waals surface area (Å²) in [4.78, 5) is 33.3. The molecule has 0 spiro atoms. The van der Waals surface area contributed by atoms with Crippen molar-refractivity contribution in [3.05, 3.63) is 145 Å². The van der Waals surface area contributed by atoms with Crippen LogP contribution in [0.4, 0.5) is 0 Å². The highest BCUT2D eigenvalue weighted by Crippen LogP contribution is 2.42. The summed E-state index contributed by atoms with van der Waals surface area (Å²) >= 11 is 15.1. The Kier molecular flexibility index (Phi) is 16.8. The Morgan fingerprint density at radius 2 is 1.20 bits per heavy atom.